The van der Waals surface area contributed by atoms with Crippen LogP contribution in [-0.4, -0.2) is 30.2 Å². The van der Waals surface area contributed by atoms with Crippen molar-refractivity contribution in [2.45, 2.75) is 58.8 Å². The molecule has 3 nitrogen and oxygen atoms in total. The lowest BCUT2D eigenvalue weighted by Crippen LogP contribution is -2.38. The molecule has 0 saturated carbocycles. The predicted molar refractivity (Wildman–Crippen MR) is 73.3 cm³/mol. The Hall–Kier alpha value is -0.860. The molecule has 0 spiro atoms. The van der Waals surface area contributed by atoms with Gasteiger partial charge >= 0.3 is 0 Å². The van der Waals surface area contributed by atoms with E-state index in [0.717, 1.165) is 37.8 Å². The molecule has 1 rings (SSSR count). The molecule has 1 saturated heterocycles. The summed E-state index contributed by atoms with van der Waals surface area (Å²) in [5, 5.41) is 0. The van der Waals surface area contributed by atoms with E-state index in [9.17, 15) is 9.59 Å². The summed E-state index contributed by atoms with van der Waals surface area (Å²) in [6.07, 6.45) is 8.30. The molecule has 18 heavy (non-hydrogen) atoms. The fourth-order valence-electron chi connectivity index (χ4n) is 2.66. The van der Waals surface area contributed by atoms with Crippen LogP contribution in [0.15, 0.2) is 0 Å². The lowest BCUT2D eigenvalue weighted by atomic mass is 9.90. The zero-order chi connectivity index (χ0) is 13.4. The number of rotatable bonds is 7. The number of aldehydes is 1. The van der Waals surface area contributed by atoms with Crippen molar-refractivity contribution < 1.29 is 9.59 Å². The van der Waals surface area contributed by atoms with Crippen molar-refractivity contribution in [2.24, 2.45) is 11.8 Å². The normalized spacial score (nSPS) is 17.2. The minimum Gasteiger partial charge on any atom is -0.342 e. The molecule has 0 unspecified atom stereocenters. The number of hydrogen-bond donors (Lipinski definition) is 0. The number of amides is 1. The lowest BCUT2D eigenvalue weighted by molar-refractivity contribution is -0.134. The Kier molecular flexibility index (Phi) is 6.99. The summed E-state index contributed by atoms with van der Waals surface area (Å²) in [4.78, 5) is 23.7. The maximum atomic E-state index is 11.5. The molecule has 0 N–H and O–H groups in total. The van der Waals surface area contributed by atoms with Crippen molar-refractivity contribution in [1.29, 1.82) is 0 Å². The Balaban J connectivity index is 2.11. The van der Waals surface area contributed by atoms with E-state index in [1.54, 1.807) is 0 Å². The first-order valence-electron chi connectivity index (χ1n) is 7.35. The minimum atomic E-state index is 0.00302. The van der Waals surface area contributed by atoms with Gasteiger partial charge in [0.1, 0.15) is 6.29 Å². The monoisotopic (exact) mass is 253 g/mol. The van der Waals surface area contributed by atoms with Crippen LogP contribution in [0.4, 0.5) is 0 Å². The van der Waals surface area contributed by atoms with Crippen molar-refractivity contribution in [2.75, 3.05) is 13.1 Å². The highest BCUT2D eigenvalue weighted by atomic mass is 16.2. The average Bonchev–Trinajstić information content (AvgIpc) is 2.35. The van der Waals surface area contributed by atoms with E-state index >= 15 is 0 Å². The lowest BCUT2D eigenvalue weighted by Gasteiger charge is -2.31. The maximum Gasteiger partial charge on any atom is 0.229 e. The summed E-state index contributed by atoms with van der Waals surface area (Å²) in [5.41, 5.74) is 0. The molecule has 0 aromatic heterocycles. The van der Waals surface area contributed by atoms with E-state index < -0.39 is 0 Å². The van der Waals surface area contributed by atoms with Gasteiger partial charge in [-0.05, 0) is 24.7 Å². The second kappa shape index (κ2) is 8.28. The zero-order valence-electron chi connectivity index (χ0n) is 11.9. The van der Waals surface area contributed by atoms with Gasteiger partial charge in [0.2, 0.25) is 5.91 Å². The topological polar surface area (TPSA) is 37.4 Å². The molecular formula is C15H27NO2. The van der Waals surface area contributed by atoms with Gasteiger partial charge in [-0.15, -0.1) is 0 Å². The number of carbonyl (C=O) groups excluding carboxylic acids is 2. The standard InChI is InChI=1S/C15H27NO2/c1-13(2)5-3-4-6-14-7-10-16(11-8-14)15(18)9-12-17/h12-14H,3-11H2,1-2H3. The van der Waals surface area contributed by atoms with Gasteiger partial charge in [0.05, 0.1) is 6.42 Å². The zero-order valence-corrected chi connectivity index (χ0v) is 11.9. The van der Waals surface area contributed by atoms with Crippen molar-refractivity contribution in [1.82, 2.24) is 4.90 Å². The van der Waals surface area contributed by atoms with E-state index in [4.69, 9.17) is 0 Å². The van der Waals surface area contributed by atoms with Crippen LogP contribution in [-0.2, 0) is 9.59 Å². The first-order valence-corrected chi connectivity index (χ1v) is 7.35. The number of nitrogens with zero attached hydrogens (tertiary/aromatic N) is 1. The van der Waals surface area contributed by atoms with E-state index in [1.807, 2.05) is 4.90 Å². The molecule has 1 fully saturated rings. The Labute approximate surface area is 111 Å². The van der Waals surface area contributed by atoms with Gasteiger partial charge in [0.15, 0.2) is 0 Å². The SMILES string of the molecule is CC(C)CCCCC1CCN(C(=O)CC=O)CC1. The minimum absolute atomic E-state index is 0.00302. The summed E-state index contributed by atoms with van der Waals surface area (Å²) in [7, 11) is 0. The molecular weight excluding hydrogens is 226 g/mol. The molecule has 0 atom stereocenters. The summed E-state index contributed by atoms with van der Waals surface area (Å²) in [6.45, 7) is 6.25. The summed E-state index contributed by atoms with van der Waals surface area (Å²) >= 11 is 0. The van der Waals surface area contributed by atoms with Crippen LogP contribution >= 0.6 is 0 Å². The van der Waals surface area contributed by atoms with Gasteiger partial charge in [-0.25, -0.2) is 0 Å². The van der Waals surface area contributed by atoms with Crippen LogP contribution in [0.1, 0.15) is 58.8 Å². The molecule has 0 aromatic carbocycles. The van der Waals surface area contributed by atoms with E-state index in [0.29, 0.717) is 6.29 Å². The number of carbonyl (C=O) groups is 2. The van der Waals surface area contributed by atoms with Gasteiger partial charge in [0, 0.05) is 13.1 Å². The second-order valence-corrected chi connectivity index (χ2v) is 5.87. The third kappa shape index (κ3) is 5.65. The molecule has 104 valence electrons. The van der Waals surface area contributed by atoms with Crippen LogP contribution < -0.4 is 0 Å². The molecule has 0 bridgehead atoms. The van der Waals surface area contributed by atoms with Crippen molar-refractivity contribution in [3.8, 4) is 0 Å². The Morgan fingerprint density at radius 2 is 1.94 bits per heavy atom. The molecule has 0 aliphatic carbocycles. The van der Waals surface area contributed by atoms with Crippen molar-refractivity contribution in [3.05, 3.63) is 0 Å². The van der Waals surface area contributed by atoms with Crippen molar-refractivity contribution >= 4 is 12.2 Å². The number of unbranched alkanes of at least 4 members (excludes halogenated alkanes) is 1. The van der Waals surface area contributed by atoms with Gasteiger partial charge in [-0.3, -0.25) is 4.79 Å². The third-order valence-corrected chi connectivity index (χ3v) is 3.87. The fourth-order valence-corrected chi connectivity index (χ4v) is 2.66. The highest BCUT2D eigenvalue weighted by molar-refractivity contribution is 5.88. The van der Waals surface area contributed by atoms with E-state index in [-0.39, 0.29) is 12.3 Å². The highest BCUT2D eigenvalue weighted by Gasteiger charge is 2.21. The quantitative estimate of drug-likeness (QED) is 0.397. The third-order valence-electron chi connectivity index (χ3n) is 3.87. The van der Waals surface area contributed by atoms with Crippen LogP contribution in [0.5, 0.6) is 0 Å². The molecule has 1 heterocycles. The number of likely N-dealkylation sites (tertiary alicyclic amines) is 1. The summed E-state index contributed by atoms with van der Waals surface area (Å²) in [6, 6.07) is 0. The van der Waals surface area contributed by atoms with Crippen LogP contribution in [0.3, 0.4) is 0 Å². The Morgan fingerprint density at radius 1 is 1.28 bits per heavy atom. The number of hydrogen-bond acceptors (Lipinski definition) is 2. The largest absolute Gasteiger partial charge is 0.342 e. The summed E-state index contributed by atoms with van der Waals surface area (Å²) < 4.78 is 0. The Morgan fingerprint density at radius 3 is 2.50 bits per heavy atom. The molecule has 1 amide bonds. The first kappa shape index (κ1) is 15.2. The number of piperidine rings is 1. The maximum absolute atomic E-state index is 11.5. The Bertz CT molecular complexity index is 255. The van der Waals surface area contributed by atoms with E-state index in [1.165, 1.54) is 25.7 Å². The second-order valence-electron chi connectivity index (χ2n) is 5.87. The van der Waals surface area contributed by atoms with Gasteiger partial charge in [-0.1, -0.05) is 39.5 Å². The fraction of sp³-hybridized carbons (Fsp3) is 0.867. The van der Waals surface area contributed by atoms with Crippen LogP contribution in [0.25, 0.3) is 0 Å². The van der Waals surface area contributed by atoms with E-state index in [2.05, 4.69) is 13.8 Å². The average molecular weight is 253 g/mol. The van der Waals surface area contributed by atoms with Crippen LogP contribution in [0, 0.1) is 11.8 Å². The van der Waals surface area contributed by atoms with Crippen LogP contribution in [0.2, 0.25) is 0 Å². The molecule has 1 aliphatic rings. The smallest absolute Gasteiger partial charge is 0.229 e. The van der Waals surface area contributed by atoms with Gasteiger partial charge in [-0.2, -0.15) is 0 Å². The van der Waals surface area contributed by atoms with Gasteiger partial charge in [0.25, 0.3) is 0 Å². The predicted octanol–water partition coefficient (Wildman–Crippen LogP) is 3.03. The first-order chi connectivity index (χ1) is 8.63. The van der Waals surface area contributed by atoms with Gasteiger partial charge < -0.3 is 9.69 Å². The van der Waals surface area contributed by atoms with Crippen molar-refractivity contribution in [3.63, 3.8) is 0 Å². The molecule has 3 heteroatoms. The molecule has 0 aromatic rings. The molecule has 1 aliphatic heterocycles. The molecule has 0 radical (unpaired) electrons. The highest BCUT2D eigenvalue weighted by Crippen LogP contribution is 2.23. The summed E-state index contributed by atoms with van der Waals surface area (Å²) in [5.74, 6) is 1.61.